The Labute approximate surface area is 72.0 Å². The van der Waals surface area contributed by atoms with E-state index in [1.54, 1.807) is 0 Å². The van der Waals surface area contributed by atoms with Crippen molar-refractivity contribution in [1.29, 1.82) is 0 Å². The lowest BCUT2D eigenvalue weighted by Gasteiger charge is -1.80. The zero-order valence-electron chi connectivity index (χ0n) is 8.65. The van der Waals surface area contributed by atoms with Crippen LogP contribution in [0.2, 0.25) is 0 Å². The van der Waals surface area contributed by atoms with Crippen LogP contribution in [0.5, 0.6) is 0 Å². The molecule has 0 heteroatoms. The van der Waals surface area contributed by atoms with Crippen LogP contribution < -0.4 is 0 Å². The van der Waals surface area contributed by atoms with E-state index in [1.807, 2.05) is 6.92 Å². The quantitative estimate of drug-likeness (QED) is 0.519. The van der Waals surface area contributed by atoms with Gasteiger partial charge in [0.1, 0.15) is 0 Å². The molecular weight excluding hydrogens is 132 g/mol. The lowest BCUT2D eigenvalue weighted by molar-refractivity contribution is 1.18. The highest BCUT2D eigenvalue weighted by Gasteiger charge is 1.67. The fourth-order valence-corrected chi connectivity index (χ4v) is 0.644. The molecule has 0 unspecified atom stereocenters. The molecular formula is C11H22. The van der Waals surface area contributed by atoms with Crippen molar-refractivity contribution < 1.29 is 0 Å². The zero-order valence-corrected chi connectivity index (χ0v) is 8.65. The first-order valence-corrected chi connectivity index (χ1v) is 4.43. The Bertz CT molecular complexity index is 103. The van der Waals surface area contributed by atoms with Gasteiger partial charge in [-0.15, -0.1) is 0 Å². The highest BCUT2D eigenvalue weighted by molar-refractivity contribution is 4.91. The van der Waals surface area contributed by atoms with Crippen molar-refractivity contribution in [2.24, 2.45) is 0 Å². The predicted molar refractivity (Wildman–Crippen MR) is 54.8 cm³/mol. The molecule has 0 saturated carbocycles. The molecule has 0 aromatic carbocycles. The molecule has 0 aliphatic carbocycles. The number of hydrogen-bond acceptors (Lipinski definition) is 0. The van der Waals surface area contributed by atoms with E-state index in [0.29, 0.717) is 0 Å². The topological polar surface area (TPSA) is 0 Å². The summed E-state index contributed by atoms with van der Waals surface area (Å²) >= 11 is 0. The zero-order chi connectivity index (χ0) is 9.11. The maximum atomic E-state index is 2.21. The standard InChI is InChI=1S/C6H12.C5H10/c1-4-5-6(2)3;1-3-5-4-2/h5H,4H2,1-3H3;3,5H,4H2,1-2H3/b;5-3+. The lowest BCUT2D eigenvalue weighted by atomic mass is 10.3. The summed E-state index contributed by atoms with van der Waals surface area (Å²) in [7, 11) is 0. The van der Waals surface area contributed by atoms with Crippen LogP contribution in [0.1, 0.15) is 47.5 Å². The van der Waals surface area contributed by atoms with E-state index < -0.39 is 0 Å². The summed E-state index contributed by atoms with van der Waals surface area (Å²) in [6.45, 7) is 10.5. The number of hydrogen-bond donors (Lipinski definition) is 0. The Balaban J connectivity index is 0. The molecule has 66 valence electrons. The average molecular weight is 154 g/mol. The van der Waals surface area contributed by atoms with E-state index in [9.17, 15) is 0 Å². The third-order valence-electron chi connectivity index (χ3n) is 1.08. The molecule has 0 spiro atoms. The minimum atomic E-state index is 1.16. The molecule has 0 heterocycles. The minimum Gasteiger partial charge on any atom is -0.0917 e. The molecule has 11 heavy (non-hydrogen) atoms. The van der Waals surface area contributed by atoms with Crippen LogP contribution in [-0.4, -0.2) is 0 Å². The first-order valence-electron chi connectivity index (χ1n) is 4.43. The smallest absolute Gasteiger partial charge is 0.0377 e. The van der Waals surface area contributed by atoms with Crippen molar-refractivity contribution in [2.75, 3.05) is 0 Å². The molecule has 0 radical (unpaired) electrons. The summed E-state index contributed by atoms with van der Waals surface area (Å²) in [5.41, 5.74) is 1.41. The summed E-state index contributed by atoms with van der Waals surface area (Å²) in [5, 5.41) is 0. The molecule has 0 aliphatic heterocycles. The maximum Gasteiger partial charge on any atom is -0.0377 e. The summed E-state index contributed by atoms with van der Waals surface area (Å²) < 4.78 is 0. The summed E-state index contributed by atoms with van der Waals surface area (Å²) in [6, 6.07) is 0. The molecule has 0 fully saturated rings. The average Bonchev–Trinajstić information content (AvgIpc) is 1.90. The Morgan fingerprint density at radius 3 is 1.64 bits per heavy atom. The SMILES string of the molecule is C/C=C/CC.CCC=C(C)C. The second-order valence-electron chi connectivity index (χ2n) is 2.67. The lowest BCUT2D eigenvalue weighted by Crippen LogP contribution is -1.58. The molecule has 0 aromatic heterocycles. The third-order valence-corrected chi connectivity index (χ3v) is 1.08. The Morgan fingerprint density at radius 1 is 1.09 bits per heavy atom. The van der Waals surface area contributed by atoms with Gasteiger partial charge < -0.3 is 0 Å². The molecule has 0 rings (SSSR count). The fraction of sp³-hybridized carbons (Fsp3) is 0.636. The van der Waals surface area contributed by atoms with Gasteiger partial charge in [0.25, 0.3) is 0 Å². The van der Waals surface area contributed by atoms with Gasteiger partial charge >= 0.3 is 0 Å². The number of allylic oxidation sites excluding steroid dienone is 4. The second kappa shape index (κ2) is 12.2. The van der Waals surface area contributed by atoms with Crippen molar-refractivity contribution in [3.63, 3.8) is 0 Å². The summed E-state index contributed by atoms with van der Waals surface area (Å²) in [4.78, 5) is 0. The van der Waals surface area contributed by atoms with Crippen molar-refractivity contribution >= 4 is 0 Å². The molecule has 0 bridgehead atoms. The molecule has 0 atom stereocenters. The predicted octanol–water partition coefficient (Wildman–Crippen LogP) is 4.34. The first kappa shape index (κ1) is 13.1. The van der Waals surface area contributed by atoms with Gasteiger partial charge in [-0.2, -0.15) is 0 Å². The van der Waals surface area contributed by atoms with Gasteiger partial charge in [0.05, 0.1) is 0 Å². The third kappa shape index (κ3) is 26.4. The van der Waals surface area contributed by atoms with Gasteiger partial charge in [-0.25, -0.2) is 0 Å². The van der Waals surface area contributed by atoms with Crippen molar-refractivity contribution in [3.05, 3.63) is 23.8 Å². The summed E-state index contributed by atoms with van der Waals surface area (Å²) in [5.74, 6) is 0. The van der Waals surface area contributed by atoms with Gasteiger partial charge in [-0.05, 0) is 33.6 Å². The van der Waals surface area contributed by atoms with Crippen molar-refractivity contribution in [2.45, 2.75) is 47.5 Å². The maximum absolute atomic E-state index is 2.21. The number of rotatable bonds is 2. The van der Waals surface area contributed by atoms with Crippen molar-refractivity contribution in [3.8, 4) is 0 Å². The molecule has 0 saturated heterocycles. The van der Waals surface area contributed by atoms with Crippen LogP contribution >= 0.6 is 0 Å². The second-order valence-corrected chi connectivity index (χ2v) is 2.67. The van der Waals surface area contributed by atoms with Crippen LogP contribution in [0.4, 0.5) is 0 Å². The van der Waals surface area contributed by atoms with Crippen LogP contribution in [0.25, 0.3) is 0 Å². The van der Waals surface area contributed by atoms with Gasteiger partial charge in [0.15, 0.2) is 0 Å². The fourth-order valence-electron chi connectivity index (χ4n) is 0.644. The minimum absolute atomic E-state index is 1.16. The van der Waals surface area contributed by atoms with Gasteiger partial charge in [0.2, 0.25) is 0 Å². The Hall–Kier alpha value is -0.520. The van der Waals surface area contributed by atoms with Gasteiger partial charge in [0, 0.05) is 0 Å². The van der Waals surface area contributed by atoms with E-state index in [4.69, 9.17) is 0 Å². The first-order chi connectivity index (χ1) is 5.18. The monoisotopic (exact) mass is 154 g/mol. The van der Waals surface area contributed by atoms with E-state index in [2.05, 4.69) is 45.9 Å². The summed E-state index contributed by atoms with van der Waals surface area (Å²) in [6.07, 6.45) is 8.72. The van der Waals surface area contributed by atoms with Crippen LogP contribution in [0.3, 0.4) is 0 Å². The molecule has 0 N–H and O–H groups in total. The largest absolute Gasteiger partial charge is 0.0917 e. The van der Waals surface area contributed by atoms with E-state index in [1.165, 1.54) is 12.0 Å². The molecule has 0 amide bonds. The molecule has 0 aromatic rings. The van der Waals surface area contributed by atoms with Gasteiger partial charge in [-0.3, -0.25) is 0 Å². The highest BCUT2D eigenvalue weighted by Crippen LogP contribution is 1.89. The van der Waals surface area contributed by atoms with Crippen LogP contribution in [0.15, 0.2) is 23.8 Å². The van der Waals surface area contributed by atoms with E-state index in [-0.39, 0.29) is 0 Å². The molecule has 0 aliphatic rings. The normalized spacial score (nSPS) is 8.82. The van der Waals surface area contributed by atoms with Crippen LogP contribution in [0, 0.1) is 0 Å². The van der Waals surface area contributed by atoms with E-state index in [0.717, 1.165) is 6.42 Å². The Kier molecular flexibility index (Phi) is 14.5. The van der Waals surface area contributed by atoms with Gasteiger partial charge in [-0.1, -0.05) is 37.6 Å². The van der Waals surface area contributed by atoms with Crippen molar-refractivity contribution in [1.82, 2.24) is 0 Å². The molecule has 0 nitrogen and oxygen atoms in total. The highest BCUT2D eigenvalue weighted by atomic mass is 13.7. The van der Waals surface area contributed by atoms with Crippen LogP contribution in [-0.2, 0) is 0 Å². The van der Waals surface area contributed by atoms with E-state index >= 15 is 0 Å². The Morgan fingerprint density at radius 2 is 1.64 bits per heavy atom.